The van der Waals surface area contributed by atoms with Crippen molar-refractivity contribution in [3.63, 3.8) is 0 Å². The highest BCUT2D eigenvalue weighted by molar-refractivity contribution is 9.10. The normalized spacial score (nSPS) is 20.5. The first-order chi connectivity index (χ1) is 7.16. The summed E-state index contributed by atoms with van der Waals surface area (Å²) in [6.07, 6.45) is 1.01. The van der Waals surface area contributed by atoms with Crippen LogP contribution < -0.4 is 10.6 Å². The van der Waals surface area contributed by atoms with Gasteiger partial charge in [0.1, 0.15) is 10.4 Å². The minimum atomic E-state index is 0.346. The molecule has 0 spiro atoms. The van der Waals surface area contributed by atoms with Gasteiger partial charge in [-0.2, -0.15) is 4.98 Å². The fraction of sp³-hybridized carbons (Fsp3) is 0.556. The molecule has 2 N–H and O–H groups in total. The number of ether oxygens (including phenoxy) is 1. The van der Waals surface area contributed by atoms with Crippen molar-refractivity contribution in [3.05, 3.63) is 10.7 Å². The van der Waals surface area contributed by atoms with E-state index >= 15 is 0 Å². The molecule has 0 radical (unpaired) electrons. The lowest BCUT2D eigenvalue weighted by atomic mass is 10.2. The van der Waals surface area contributed by atoms with Crippen LogP contribution in [0.3, 0.4) is 0 Å². The number of rotatable bonds is 2. The van der Waals surface area contributed by atoms with Gasteiger partial charge in [0, 0.05) is 19.7 Å². The summed E-state index contributed by atoms with van der Waals surface area (Å²) in [5.41, 5.74) is 5.66. The van der Waals surface area contributed by atoms with Gasteiger partial charge in [0.05, 0.1) is 12.6 Å². The van der Waals surface area contributed by atoms with E-state index in [4.69, 9.17) is 10.5 Å². The first-order valence-electron chi connectivity index (χ1n) is 4.77. The summed E-state index contributed by atoms with van der Waals surface area (Å²) >= 11 is 3.30. The number of aromatic nitrogens is 2. The molecule has 0 bridgehead atoms. The standard InChI is InChI=1S/C9H13BrN4O/c1-14(6-2-3-15-5-6)9-12-7(10)4-8(11)13-9/h4,6H,2-3,5H2,1H3,(H2,11,12,13). The number of nitrogen functional groups attached to an aromatic ring is 1. The van der Waals surface area contributed by atoms with Gasteiger partial charge in [0.2, 0.25) is 5.95 Å². The van der Waals surface area contributed by atoms with Gasteiger partial charge >= 0.3 is 0 Å². The molecule has 1 aromatic heterocycles. The molecule has 2 heterocycles. The Morgan fingerprint density at radius 1 is 1.60 bits per heavy atom. The lowest BCUT2D eigenvalue weighted by Gasteiger charge is -2.23. The topological polar surface area (TPSA) is 64.3 Å². The Labute approximate surface area is 96.8 Å². The highest BCUT2D eigenvalue weighted by Crippen LogP contribution is 2.19. The predicted molar refractivity (Wildman–Crippen MR) is 61.8 cm³/mol. The summed E-state index contributed by atoms with van der Waals surface area (Å²) in [4.78, 5) is 10.5. The van der Waals surface area contributed by atoms with Crippen LogP contribution in [0.1, 0.15) is 6.42 Å². The fourth-order valence-electron chi connectivity index (χ4n) is 1.57. The minimum absolute atomic E-state index is 0.346. The van der Waals surface area contributed by atoms with Crippen molar-refractivity contribution < 1.29 is 4.74 Å². The largest absolute Gasteiger partial charge is 0.383 e. The number of halogens is 1. The lowest BCUT2D eigenvalue weighted by molar-refractivity contribution is 0.193. The highest BCUT2D eigenvalue weighted by Gasteiger charge is 2.22. The molecular formula is C9H13BrN4O. The van der Waals surface area contributed by atoms with Gasteiger partial charge in [0.15, 0.2) is 0 Å². The molecule has 1 aliphatic heterocycles. The van der Waals surface area contributed by atoms with E-state index in [0.717, 1.165) is 19.6 Å². The van der Waals surface area contributed by atoms with Gasteiger partial charge in [-0.05, 0) is 22.4 Å². The third kappa shape index (κ3) is 2.38. The molecule has 0 aromatic carbocycles. The molecule has 1 aliphatic rings. The van der Waals surface area contributed by atoms with E-state index in [1.54, 1.807) is 6.07 Å². The Bertz CT molecular complexity index is 334. The molecule has 0 saturated carbocycles. The maximum absolute atomic E-state index is 5.66. The smallest absolute Gasteiger partial charge is 0.228 e. The molecule has 0 amide bonds. The van der Waals surface area contributed by atoms with Crippen LogP contribution in [0.15, 0.2) is 10.7 Å². The van der Waals surface area contributed by atoms with E-state index in [-0.39, 0.29) is 0 Å². The molecule has 15 heavy (non-hydrogen) atoms. The Morgan fingerprint density at radius 2 is 2.40 bits per heavy atom. The van der Waals surface area contributed by atoms with Crippen LogP contribution in [0.5, 0.6) is 0 Å². The van der Waals surface area contributed by atoms with Gasteiger partial charge in [0.25, 0.3) is 0 Å². The van der Waals surface area contributed by atoms with Crippen molar-refractivity contribution >= 4 is 27.7 Å². The quantitative estimate of drug-likeness (QED) is 0.816. The first kappa shape index (κ1) is 10.6. The number of likely N-dealkylation sites (N-methyl/N-ethyl adjacent to an activating group) is 1. The third-order valence-corrected chi connectivity index (χ3v) is 2.88. The van der Waals surface area contributed by atoms with E-state index in [0.29, 0.717) is 22.4 Å². The Balaban J connectivity index is 2.20. The maximum atomic E-state index is 5.66. The molecular weight excluding hydrogens is 260 g/mol. The van der Waals surface area contributed by atoms with Crippen LogP contribution in [-0.2, 0) is 4.74 Å². The van der Waals surface area contributed by atoms with Crippen molar-refractivity contribution in [3.8, 4) is 0 Å². The molecule has 82 valence electrons. The molecule has 1 aromatic rings. The van der Waals surface area contributed by atoms with Crippen LogP contribution in [-0.4, -0.2) is 36.3 Å². The zero-order valence-electron chi connectivity index (χ0n) is 8.48. The summed E-state index contributed by atoms with van der Waals surface area (Å²) in [6, 6.07) is 2.03. The predicted octanol–water partition coefficient (Wildman–Crippen LogP) is 1.05. The van der Waals surface area contributed by atoms with Gasteiger partial charge in [-0.15, -0.1) is 0 Å². The number of hydrogen-bond acceptors (Lipinski definition) is 5. The Hall–Kier alpha value is -0.880. The van der Waals surface area contributed by atoms with E-state index in [2.05, 4.69) is 25.9 Å². The van der Waals surface area contributed by atoms with Crippen molar-refractivity contribution in [1.29, 1.82) is 0 Å². The third-order valence-electron chi connectivity index (χ3n) is 2.47. The van der Waals surface area contributed by atoms with Crippen LogP contribution in [0.4, 0.5) is 11.8 Å². The van der Waals surface area contributed by atoms with Gasteiger partial charge in [-0.25, -0.2) is 4.98 Å². The van der Waals surface area contributed by atoms with Crippen molar-refractivity contribution in [2.24, 2.45) is 0 Å². The van der Waals surface area contributed by atoms with Gasteiger partial charge < -0.3 is 15.4 Å². The fourth-order valence-corrected chi connectivity index (χ4v) is 1.96. The van der Waals surface area contributed by atoms with Crippen LogP contribution in [0.25, 0.3) is 0 Å². The summed E-state index contributed by atoms with van der Waals surface area (Å²) < 4.78 is 6.02. The lowest BCUT2D eigenvalue weighted by Crippen LogP contribution is -2.33. The zero-order valence-corrected chi connectivity index (χ0v) is 10.1. The molecule has 1 atom stereocenters. The second-order valence-corrected chi connectivity index (χ2v) is 4.36. The van der Waals surface area contributed by atoms with Crippen molar-refractivity contribution in [2.75, 3.05) is 30.9 Å². The summed E-state index contributed by atoms with van der Waals surface area (Å²) in [7, 11) is 1.96. The SMILES string of the molecule is CN(c1nc(N)cc(Br)n1)C1CCOC1. The van der Waals surface area contributed by atoms with Gasteiger partial charge in [-0.1, -0.05) is 0 Å². The van der Waals surface area contributed by atoms with Crippen LogP contribution in [0, 0.1) is 0 Å². The minimum Gasteiger partial charge on any atom is -0.383 e. The van der Waals surface area contributed by atoms with E-state index < -0.39 is 0 Å². The van der Waals surface area contributed by atoms with E-state index in [1.165, 1.54) is 0 Å². The average molecular weight is 273 g/mol. The highest BCUT2D eigenvalue weighted by atomic mass is 79.9. The zero-order chi connectivity index (χ0) is 10.8. The second kappa shape index (κ2) is 4.32. The summed E-state index contributed by atoms with van der Waals surface area (Å²) in [5, 5.41) is 0. The molecule has 1 unspecified atom stereocenters. The number of hydrogen-bond donors (Lipinski definition) is 1. The molecule has 0 aliphatic carbocycles. The molecule has 2 rings (SSSR count). The first-order valence-corrected chi connectivity index (χ1v) is 5.57. The monoisotopic (exact) mass is 272 g/mol. The molecule has 5 nitrogen and oxygen atoms in total. The van der Waals surface area contributed by atoms with Crippen LogP contribution in [0.2, 0.25) is 0 Å². The van der Waals surface area contributed by atoms with Crippen molar-refractivity contribution in [1.82, 2.24) is 9.97 Å². The molecule has 1 saturated heterocycles. The average Bonchev–Trinajstić information content (AvgIpc) is 2.67. The number of anilines is 2. The Kier molecular flexibility index (Phi) is 3.06. The number of nitrogens with zero attached hydrogens (tertiary/aromatic N) is 3. The van der Waals surface area contributed by atoms with Crippen LogP contribution >= 0.6 is 15.9 Å². The number of nitrogens with two attached hydrogens (primary N) is 1. The summed E-state index contributed by atoms with van der Waals surface area (Å²) in [6.45, 7) is 1.53. The maximum Gasteiger partial charge on any atom is 0.228 e. The molecule has 1 fully saturated rings. The van der Waals surface area contributed by atoms with Crippen molar-refractivity contribution in [2.45, 2.75) is 12.5 Å². The van der Waals surface area contributed by atoms with Gasteiger partial charge in [-0.3, -0.25) is 0 Å². The summed E-state index contributed by atoms with van der Waals surface area (Å²) in [5.74, 6) is 1.11. The Morgan fingerprint density at radius 3 is 3.00 bits per heavy atom. The van der Waals surface area contributed by atoms with E-state index in [1.807, 2.05) is 11.9 Å². The second-order valence-electron chi connectivity index (χ2n) is 3.54. The van der Waals surface area contributed by atoms with E-state index in [9.17, 15) is 0 Å². The molecule has 6 heteroatoms.